The fraction of sp³-hybridized carbons (Fsp3) is 0.318. The SMILES string of the molecule is CCOc1ccc(NC(=O)CSc2nnc(COc3cccc(OC)c3)n2CC)cc1. The summed E-state index contributed by atoms with van der Waals surface area (Å²) in [6, 6.07) is 14.7. The van der Waals surface area contributed by atoms with Crippen molar-refractivity contribution in [3.63, 3.8) is 0 Å². The Hall–Kier alpha value is -3.20. The van der Waals surface area contributed by atoms with Gasteiger partial charge in [0.25, 0.3) is 0 Å². The lowest BCUT2D eigenvalue weighted by Gasteiger charge is -2.10. The Bertz CT molecular complexity index is 991. The predicted octanol–water partition coefficient (Wildman–Crippen LogP) is 4.02. The van der Waals surface area contributed by atoms with E-state index in [4.69, 9.17) is 14.2 Å². The molecule has 0 fully saturated rings. The summed E-state index contributed by atoms with van der Waals surface area (Å²) < 4.78 is 18.4. The molecule has 3 rings (SSSR count). The van der Waals surface area contributed by atoms with Crippen LogP contribution in [-0.4, -0.2) is 40.1 Å². The molecule has 0 radical (unpaired) electrons. The van der Waals surface area contributed by atoms with Crippen LogP contribution in [0.5, 0.6) is 17.2 Å². The summed E-state index contributed by atoms with van der Waals surface area (Å²) in [6.07, 6.45) is 0. The van der Waals surface area contributed by atoms with Crippen LogP contribution in [0.4, 0.5) is 5.69 Å². The number of aromatic nitrogens is 3. The van der Waals surface area contributed by atoms with E-state index in [9.17, 15) is 4.79 Å². The standard InChI is InChI=1S/C22H26N4O4S/c1-4-26-20(14-30-19-8-6-7-18(13-19)28-3)24-25-22(26)31-15-21(27)23-16-9-11-17(12-10-16)29-5-2/h6-13H,4-5,14-15H2,1-3H3,(H,23,27). The van der Waals surface area contributed by atoms with Gasteiger partial charge in [-0.1, -0.05) is 17.8 Å². The molecular formula is C22H26N4O4S. The van der Waals surface area contributed by atoms with E-state index in [-0.39, 0.29) is 18.3 Å². The van der Waals surface area contributed by atoms with E-state index in [0.29, 0.717) is 29.9 Å². The Kier molecular flexibility index (Phi) is 8.17. The van der Waals surface area contributed by atoms with E-state index < -0.39 is 0 Å². The molecule has 0 atom stereocenters. The average molecular weight is 443 g/mol. The molecule has 0 spiro atoms. The van der Waals surface area contributed by atoms with Gasteiger partial charge in [-0.3, -0.25) is 4.79 Å². The first-order valence-electron chi connectivity index (χ1n) is 9.97. The molecule has 31 heavy (non-hydrogen) atoms. The van der Waals surface area contributed by atoms with Gasteiger partial charge in [-0.05, 0) is 50.2 Å². The summed E-state index contributed by atoms with van der Waals surface area (Å²) in [5.41, 5.74) is 0.721. The smallest absolute Gasteiger partial charge is 0.234 e. The first-order chi connectivity index (χ1) is 15.1. The van der Waals surface area contributed by atoms with Crippen LogP contribution in [0.2, 0.25) is 0 Å². The maximum absolute atomic E-state index is 12.3. The van der Waals surface area contributed by atoms with Crippen LogP contribution in [0.1, 0.15) is 19.7 Å². The average Bonchev–Trinajstić information content (AvgIpc) is 3.19. The van der Waals surface area contributed by atoms with Crippen molar-refractivity contribution in [2.75, 3.05) is 24.8 Å². The highest BCUT2D eigenvalue weighted by atomic mass is 32.2. The van der Waals surface area contributed by atoms with E-state index >= 15 is 0 Å². The lowest BCUT2D eigenvalue weighted by atomic mass is 10.3. The number of nitrogens with one attached hydrogen (secondary N) is 1. The topological polar surface area (TPSA) is 87.5 Å². The third kappa shape index (κ3) is 6.39. The van der Waals surface area contributed by atoms with Gasteiger partial charge in [-0.15, -0.1) is 10.2 Å². The highest BCUT2D eigenvalue weighted by Gasteiger charge is 2.14. The molecule has 2 aromatic carbocycles. The molecule has 9 heteroatoms. The van der Waals surface area contributed by atoms with Crippen LogP contribution >= 0.6 is 11.8 Å². The molecule has 164 valence electrons. The molecule has 0 saturated carbocycles. The van der Waals surface area contributed by atoms with Crippen LogP contribution in [0.25, 0.3) is 0 Å². The number of ether oxygens (including phenoxy) is 3. The highest BCUT2D eigenvalue weighted by molar-refractivity contribution is 7.99. The molecule has 0 aliphatic rings. The van der Waals surface area contributed by atoms with Crippen molar-refractivity contribution in [3.8, 4) is 17.2 Å². The van der Waals surface area contributed by atoms with Gasteiger partial charge < -0.3 is 24.1 Å². The third-order valence-electron chi connectivity index (χ3n) is 4.30. The molecule has 0 aliphatic carbocycles. The van der Waals surface area contributed by atoms with Crippen LogP contribution in [0.15, 0.2) is 53.7 Å². The molecule has 0 bridgehead atoms. The number of hydrogen-bond acceptors (Lipinski definition) is 7. The van der Waals surface area contributed by atoms with Crippen molar-refractivity contribution in [1.82, 2.24) is 14.8 Å². The Morgan fingerprint density at radius 2 is 1.81 bits per heavy atom. The molecule has 0 unspecified atom stereocenters. The van der Waals surface area contributed by atoms with Crippen LogP contribution < -0.4 is 19.5 Å². The molecule has 8 nitrogen and oxygen atoms in total. The van der Waals surface area contributed by atoms with E-state index in [1.807, 2.05) is 66.9 Å². The van der Waals surface area contributed by atoms with Gasteiger partial charge in [0.2, 0.25) is 5.91 Å². The Morgan fingerprint density at radius 3 is 2.52 bits per heavy atom. The molecule has 1 amide bonds. The maximum atomic E-state index is 12.3. The van der Waals surface area contributed by atoms with Gasteiger partial charge in [0.1, 0.15) is 23.9 Å². The summed E-state index contributed by atoms with van der Waals surface area (Å²) in [4.78, 5) is 12.3. The van der Waals surface area contributed by atoms with Gasteiger partial charge in [-0.2, -0.15) is 0 Å². The maximum Gasteiger partial charge on any atom is 0.234 e. The Morgan fingerprint density at radius 1 is 1.03 bits per heavy atom. The van der Waals surface area contributed by atoms with Gasteiger partial charge in [0, 0.05) is 18.3 Å². The summed E-state index contributed by atoms with van der Waals surface area (Å²) in [7, 11) is 1.61. The lowest BCUT2D eigenvalue weighted by molar-refractivity contribution is -0.113. The second-order valence-electron chi connectivity index (χ2n) is 6.40. The normalized spacial score (nSPS) is 10.5. The zero-order chi connectivity index (χ0) is 22.1. The van der Waals surface area contributed by atoms with Crippen molar-refractivity contribution in [3.05, 3.63) is 54.4 Å². The van der Waals surface area contributed by atoms with Gasteiger partial charge in [-0.25, -0.2) is 0 Å². The number of carbonyl (C=O) groups excluding carboxylic acids is 1. The minimum Gasteiger partial charge on any atom is -0.497 e. The second kappa shape index (κ2) is 11.3. The molecule has 1 aromatic heterocycles. The quantitative estimate of drug-likeness (QED) is 0.449. The van der Waals surface area contributed by atoms with Crippen molar-refractivity contribution in [2.45, 2.75) is 32.2 Å². The molecule has 1 heterocycles. The first-order valence-corrected chi connectivity index (χ1v) is 11.0. The monoisotopic (exact) mass is 442 g/mol. The number of benzene rings is 2. The van der Waals surface area contributed by atoms with E-state index in [1.54, 1.807) is 7.11 Å². The fourth-order valence-electron chi connectivity index (χ4n) is 2.82. The van der Waals surface area contributed by atoms with Gasteiger partial charge in [0.15, 0.2) is 11.0 Å². The number of anilines is 1. The first kappa shape index (κ1) is 22.5. The summed E-state index contributed by atoms with van der Waals surface area (Å²) >= 11 is 1.34. The zero-order valence-corrected chi connectivity index (χ0v) is 18.6. The molecule has 0 aliphatic heterocycles. The van der Waals surface area contributed by atoms with E-state index in [0.717, 1.165) is 17.2 Å². The predicted molar refractivity (Wildman–Crippen MR) is 120 cm³/mol. The van der Waals surface area contributed by atoms with Crippen LogP contribution in [0, 0.1) is 0 Å². The fourth-order valence-corrected chi connectivity index (χ4v) is 3.64. The van der Waals surface area contributed by atoms with Gasteiger partial charge >= 0.3 is 0 Å². The number of methoxy groups -OCH3 is 1. The van der Waals surface area contributed by atoms with Crippen molar-refractivity contribution in [2.24, 2.45) is 0 Å². The van der Waals surface area contributed by atoms with E-state index in [1.165, 1.54) is 11.8 Å². The third-order valence-corrected chi connectivity index (χ3v) is 5.27. The Balaban J connectivity index is 1.54. The number of rotatable bonds is 11. The number of amides is 1. The zero-order valence-electron chi connectivity index (χ0n) is 17.8. The van der Waals surface area contributed by atoms with Gasteiger partial charge in [0.05, 0.1) is 19.5 Å². The summed E-state index contributed by atoms with van der Waals surface area (Å²) in [5.74, 6) is 2.99. The Labute approximate surface area is 185 Å². The largest absolute Gasteiger partial charge is 0.497 e. The van der Waals surface area contributed by atoms with Crippen molar-refractivity contribution < 1.29 is 19.0 Å². The van der Waals surface area contributed by atoms with Crippen molar-refractivity contribution >= 4 is 23.4 Å². The molecule has 0 saturated heterocycles. The molecule has 3 aromatic rings. The minimum absolute atomic E-state index is 0.117. The second-order valence-corrected chi connectivity index (χ2v) is 7.35. The number of hydrogen-bond donors (Lipinski definition) is 1. The molecule has 1 N–H and O–H groups in total. The highest BCUT2D eigenvalue weighted by Crippen LogP contribution is 2.22. The number of nitrogens with zero attached hydrogens (tertiary/aromatic N) is 3. The van der Waals surface area contributed by atoms with Crippen LogP contribution in [-0.2, 0) is 17.9 Å². The van der Waals surface area contributed by atoms with E-state index in [2.05, 4.69) is 15.5 Å². The number of thioether (sulfide) groups is 1. The van der Waals surface area contributed by atoms with Crippen LogP contribution in [0.3, 0.4) is 0 Å². The lowest BCUT2D eigenvalue weighted by Crippen LogP contribution is -2.15. The van der Waals surface area contributed by atoms with Crippen molar-refractivity contribution in [1.29, 1.82) is 0 Å². The minimum atomic E-state index is -0.117. The summed E-state index contributed by atoms with van der Waals surface area (Å²) in [5, 5.41) is 12.0. The number of carbonyl (C=O) groups is 1. The summed E-state index contributed by atoms with van der Waals surface area (Å²) in [6.45, 7) is 5.48. The molecular weight excluding hydrogens is 416 g/mol.